The predicted octanol–water partition coefficient (Wildman–Crippen LogP) is 14.7. The smallest absolute Gasteiger partial charge is 0.145 e. The van der Waals surface area contributed by atoms with Gasteiger partial charge in [-0.05, 0) is 42.5 Å². The van der Waals surface area contributed by atoms with E-state index in [1.165, 1.54) is 29.0 Å². The first-order chi connectivity index (χ1) is 27.4. The number of nitrogens with zero attached hydrogens (tertiary/aromatic N) is 7. The lowest BCUT2D eigenvalue weighted by Gasteiger charge is -2.17. The molecule has 5 aromatic rings. The molecule has 0 spiro atoms. The zero-order chi connectivity index (χ0) is 46.0. The molecule has 7 nitrogen and oxygen atoms in total. The second-order valence-electron chi connectivity index (χ2n) is 20.5. The lowest BCUT2D eigenvalue weighted by atomic mass is 9.91. The average molecular weight is 858 g/mol. The van der Waals surface area contributed by atoms with Crippen LogP contribution in [0.4, 0.5) is 8.78 Å². The first-order valence-electron chi connectivity index (χ1n) is 20.5. The molecular formula is C51H77F2N7S. The minimum atomic E-state index is -0.280. The van der Waals surface area contributed by atoms with Gasteiger partial charge in [0.15, 0.2) is 0 Å². The number of pyridine rings is 3. The van der Waals surface area contributed by atoms with E-state index in [1.54, 1.807) is 42.1 Å². The minimum Gasteiger partial charge on any atom is -0.265 e. The zero-order valence-electron chi connectivity index (χ0n) is 39.8. The van der Waals surface area contributed by atoms with Gasteiger partial charge < -0.3 is 0 Å². The normalized spacial score (nSPS) is 12.4. The highest BCUT2D eigenvalue weighted by Crippen LogP contribution is 2.28. The fourth-order valence-electron chi connectivity index (χ4n) is 4.71. The van der Waals surface area contributed by atoms with Gasteiger partial charge >= 0.3 is 0 Å². The lowest BCUT2D eigenvalue weighted by molar-refractivity contribution is 0.500. The van der Waals surface area contributed by atoms with Crippen LogP contribution in [-0.4, -0.2) is 36.1 Å². The quantitative estimate of drug-likeness (QED) is 0.154. The number of halogens is 2. The molecule has 1 aliphatic heterocycles. The second kappa shape index (κ2) is 24.8. The summed E-state index contributed by atoms with van der Waals surface area (Å²) in [7, 11) is 0. The highest BCUT2D eigenvalue weighted by atomic mass is 32.1. The van der Waals surface area contributed by atoms with E-state index in [0.29, 0.717) is 5.69 Å². The van der Waals surface area contributed by atoms with Crippen LogP contribution in [0.15, 0.2) is 108 Å². The SMILES string of the molecule is C.CC(C)(C)C1=CCC=N1.CC(C)(C)c1ccc(F)cn1.CC(C)(C)c1ccccn1.CC(C)(C)c1ncccc1F.CC(C)(C)c1ncccn1.CC(C)(C)c1nccs1. The molecule has 0 radical (unpaired) electrons. The van der Waals surface area contributed by atoms with E-state index in [-0.39, 0.29) is 51.6 Å². The Morgan fingerprint density at radius 2 is 1.05 bits per heavy atom. The third kappa shape index (κ3) is 23.3. The van der Waals surface area contributed by atoms with Crippen LogP contribution >= 0.6 is 11.3 Å². The van der Waals surface area contributed by atoms with Gasteiger partial charge in [0.25, 0.3) is 0 Å². The first kappa shape index (κ1) is 56.4. The summed E-state index contributed by atoms with van der Waals surface area (Å²) >= 11 is 1.72. The number of allylic oxidation sites excluding steroid dienone is 2. The zero-order valence-corrected chi connectivity index (χ0v) is 40.6. The molecule has 10 heteroatoms. The van der Waals surface area contributed by atoms with Gasteiger partial charge in [-0.2, -0.15) is 0 Å². The van der Waals surface area contributed by atoms with Gasteiger partial charge in [-0.3, -0.25) is 19.9 Å². The Balaban J connectivity index is 0.000000707. The van der Waals surface area contributed by atoms with Crippen molar-refractivity contribution in [2.75, 3.05) is 0 Å². The Kier molecular flexibility index (Phi) is 22.9. The summed E-state index contributed by atoms with van der Waals surface area (Å²) in [6, 6.07) is 14.0. The molecule has 336 valence electrons. The van der Waals surface area contributed by atoms with Crippen molar-refractivity contribution in [3.63, 3.8) is 0 Å². The van der Waals surface area contributed by atoms with Crippen molar-refractivity contribution in [2.24, 2.45) is 10.4 Å². The van der Waals surface area contributed by atoms with Crippen molar-refractivity contribution >= 4 is 17.6 Å². The van der Waals surface area contributed by atoms with E-state index < -0.39 is 0 Å². The summed E-state index contributed by atoms with van der Waals surface area (Å²) in [5.74, 6) is 0.396. The molecule has 0 bridgehead atoms. The third-order valence-corrected chi connectivity index (χ3v) is 9.32. The maximum absolute atomic E-state index is 13.0. The largest absolute Gasteiger partial charge is 0.265 e. The molecular weight excluding hydrogens is 781 g/mol. The standard InChI is InChI=1S/2C9H12FN.C9H13N.C8H12N2.C8H13N.C7H11NS.CH4/c1-9(2,3)8-5-4-7(10)6-11-8;1-9(2,3)8-7(10)5-4-6-11-8;1-9(2,3)8-6-4-5-7-10-8;1-8(2,3)7-9-5-4-6-10-7;1-8(2,3)7-5-4-6-9-7;1-7(2,3)6-8-4-5-9-6;/h2*4-6H,1-3H3;4-7H,1-3H3;4-6H,1-3H3;5-6H,4H2,1-3H3;4-5H,1-3H3;1H4. The van der Waals surface area contributed by atoms with Gasteiger partial charge in [0.2, 0.25) is 0 Å². The Morgan fingerprint density at radius 1 is 0.492 bits per heavy atom. The van der Waals surface area contributed by atoms with E-state index in [2.05, 4.69) is 130 Å². The summed E-state index contributed by atoms with van der Waals surface area (Å²) in [4.78, 5) is 28.9. The molecule has 1 aliphatic rings. The molecule has 0 amide bonds. The van der Waals surface area contributed by atoms with Crippen molar-refractivity contribution < 1.29 is 8.78 Å². The molecule has 0 saturated carbocycles. The van der Waals surface area contributed by atoms with Gasteiger partial charge in [-0.25, -0.2) is 23.7 Å². The van der Waals surface area contributed by atoms with E-state index >= 15 is 0 Å². The average Bonchev–Trinajstić information content (AvgIpc) is 3.89. The number of aliphatic imine (C=N–C) groups is 1. The van der Waals surface area contributed by atoms with Crippen LogP contribution < -0.4 is 0 Å². The van der Waals surface area contributed by atoms with Crippen LogP contribution in [0.2, 0.25) is 0 Å². The third-order valence-electron chi connectivity index (χ3n) is 8.12. The number of thiazole rings is 1. The van der Waals surface area contributed by atoms with Crippen molar-refractivity contribution in [1.29, 1.82) is 0 Å². The van der Waals surface area contributed by atoms with Gasteiger partial charge in [-0.15, -0.1) is 11.3 Å². The molecule has 0 unspecified atom stereocenters. The number of hydrogen-bond donors (Lipinski definition) is 0. The fraction of sp³-hybridized carbons (Fsp3) is 0.510. The molecule has 0 atom stereocenters. The van der Waals surface area contributed by atoms with Crippen LogP contribution in [-0.2, 0) is 27.1 Å². The highest BCUT2D eigenvalue weighted by molar-refractivity contribution is 7.09. The van der Waals surface area contributed by atoms with Crippen LogP contribution in [0, 0.1) is 17.0 Å². The topological polar surface area (TPSA) is 89.7 Å². The van der Waals surface area contributed by atoms with Crippen LogP contribution in [0.3, 0.4) is 0 Å². The minimum absolute atomic E-state index is 0. The summed E-state index contributed by atoms with van der Waals surface area (Å²) in [6.45, 7) is 37.8. The molecule has 0 N–H and O–H groups in total. The van der Waals surface area contributed by atoms with Crippen LogP contribution in [0.5, 0.6) is 0 Å². The van der Waals surface area contributed by atoms with Crippen molar-refractivity contribution in [3.8, 4) is 0 Å². The van der Waals surface area contributed by atoms with Crippen molar-refractivity contribution in [3.05, 3.63) is 142 Å². The second-order valence-corrected chi connectivity index (χ2v) is 21.4. The summed E-state index contributed by atoms with van der Waals surface area (Å²) in [5.41, 5.74) is 4.35. The van der Waals surface area contributed by atoms with Crippen molar-refractivity contribution in [2.45, 2.75) is 166 Å². The highest BCUT2D eigenvalue weighted by Gasteiger charge is 2.20. The lowest BCUT2D eigenvalue weighted by Crippen LogP contribution is -2.15. The molecule has 0 saturated heterocycles. The van der Waals surface area contributed by atoms with Crippen LogP contribution in [0.1, 0.15) is 166 Å². The molecule has 61 heavy (non-hydrogen) atoms. The first-order valence-corrected chi connectivity index (χ1v) is 21.4. The van der Waals surface area contributed by atoms with Gasteiger partial charge in [0.05, 0.1) is 16.9 Å². The van der Waals surface area contributed by atoms with E-state index in [0.717, 1.165) is 23.6 Å². The predicted molar refractivity (Wildman–Crippen MR) is 258 cm³/mol. The Hall–Kier alpha value is -4.57. The molecule has 0 aromatic carbocycles. The molecule has 0 fully saturated rings. The van der Waals surface area contributed by atoms with Gasteiger partial charge in [-0.1, -0.05) is 144 Å². The molecule has 6 rings (SSSR count). The Bertz CT molecular complexity index is 1920. The Morgan fingerprint density at radius 3 is 1.34 bits per heavy atom. The molecule has 5 aromatic heterocycles. The Labute approximate surface area is 373 Å². The van der Waals surface area contributed by atoms with Crippen molar-refractivity contribution in [1.82, 2.24) is 29.9 Å². The fourth-order valence-corrected chi connectivity index (χ4v) is 5.44. The van der Waals surface area contributed by atoms with E-state index in [9.17, 15) is 8.78 Å². The van der Waals surface area contributed by atoms with E-state index in [1.807, 2.05) is 83.7 Å². The summed E-state index contributed by atoms with van der Waals surface area (Å²) < 4.78 is 25.4. The van der Waals surface area contributed by atoms with Gasteiger partial charge in [0.1, 0.15) is 17.5 Å². The summed E-state index contributed by atoms with van der Waals surface area (Å²) in [5, 5.41) is 3.23. The number of hydrogen-bond acceptors (Lipinski definition) is 8. The summed E-state index contributed by atoms with van der Waals surface area (Å²) in [6.07, 6.45) is 15.3. The molecule has 6 heterocycles. The van der Waals surface area contributed by atoms with Gasteiger partial charge in [0, 0.05) is 98.6 Å². The number of rotatable bonds is 0. The molecule has 0 aliphatic carbocycles. The maximum Gasteiger partial charge on any atom is 0.145 e. The maximum atomic E-state index is 13.0. The van der Waals surface area contributed by atoms with Crippen LogP contribution in [0.25, 0.3) is 0 Å². The number of aromatic nitrogens is 6. The van der Waals surface area contributed by atoms with E-state index in [4.69, 9.17) is 0 Å². The monoisotopic (exact) mass is 858 g/mol.